The Morgan fingerprint density at radius 2 is 2.00 bits per heavy atom. The maximum absolute atomic E-state index is 10.4. The molecule has 50 valence electrons. The first kappa shape index (κ1) is 8.53. The molecule has 0 bridgehead atoms. The van der Waals surface area contributed by atoms with Gasteiger partial charge in [-0.3, -0.25) is 0 Å². The van der Waals surface area contributed by atoms with Crippen molar-refractivity contribution in [3.8, 4) is 0 Å². The van der Waals surface area contributed by atoms with Crippen LogP contribution in [0.25, 0.3) is 0 Å². The van der Waals surface area contributed by atoms with Crippen LogP contribution in [0.1, 0.15) is 6.92 Å². The highest BCUT2D eigenvalue weighted by Gasteiger charge is 2.15. The van der Waals surface area contributed by atoms with Crippen LogP contribution in [-0.4, -0.2) is 18.3 Å². The van der Waals surface area contributed by atoms with Gasteiger partial charge in [0, 0.05) is 0 Å². The molecular formula is C3H6Cl2O2S. The second kappa shape index (κ2) is 2.90. The Labute approximate surface area is 58.7 Å². The van der Waals surface area contributed by atoms with Crippen molar-refractivity contribution in [1.82, 2.24) is 0 Å². The van der Waals surface area contributed by atoms with Crippen molar-refractivity contribution in [2.75, 3.05) is 5.21 Å². The highest BCUT2D eigenvalue weighted by atomic mass is 35.5. The first-order valence-corrected chi connectivity index (χ1v) is 4.61. The van der Waals surface area contributed by atoms with Gasteiger partial charge in [-0.05, 0) is 6.92 Å². The molecule has 0 saturated heterocycles. The molecule has 0 aromatic rings. The van der Waals surface area contributed by atoms with Crippen LogP contribution in [0, 0.1) is 0 Å². The van der Waals surface area contributed by atoms with E-state index in [0.29, 0.717) is 0 Å². The van der Waals surface area contributed by atoms with Crippen molar-refractivity contribution < 1.29 is 8.42 Å². The van der Waals surface area contributed by atoms with E-state index >= 15 is 0 Å². The maximum atomic E-state index is 10.4. The third-order valence-electron chi connectivity index (χ3n) is 0.647. The molecule has 1 unspecified atom stereocenters. The smallest absolute Gasteiger partial charge is 0.180 e. The van der Waals surface area contributed by atoms with Gasteiger partial charge in [-0.15, -0.1) is 23.2 Å². The van der Waals surface area contributed by atoms with Gasteiger partial charge in [-0.25, -0.2) is 8.42 Å². The van der Waals surface area contributed by atoms with Gasteiger partial charge in [0.15, 0.2) is 9.84 Å². The SMILES string of the molecule is CC(Cl)S(=O)(=O)CCl. The lowest BCUT2D eigenvalue weighted by Gasteiger charge is -1.97. The van der Waals surface area contributed by atoms with Crippen LogP contribution in [0.3, 0.4) is 0 Å². The first-order chi connectivity index (χ1) is 3.50. The van der Waals surface area contributed by atoms with E-state index in [1.165, 1.54) is 6.92 Å². The molecule has 0 spiro atoms. The van der Waals surface area contributed by atoms with Crippen LogP contribution >= 0.6 is 23.2 Å². The number of hydrogen-bond acceptors (Lipinski definition) is 2. The second-order valence-electron chi connectivity index (χ2n) is 1.31. The Morgan fingerprint density at radius 3 is 2.00 bits per heavy atom. The van der Waals surface area contributed by atoms with E-state index < -0.39 is 19.8 Å². The lowest BCUT2D eigenvalue weighted by atomic mass is 11.0. The summed E-state index contributed by atoms with van der Waals surface area (Å²) < 4.78 is 20.0. The second-order valence-corrected chi connectivity index (χ2v) is 5.13. The highest BCUT2D eigenvalue weighted by Crippen LogP contribution is 2.06. The fourth-order valence-corrected chi connectivity index (χ4v) is 1.21. The molecular weight excluding hydrogens is 171 g/mol. The molecule has 1 atom stereocenters. The average molecular weight is 177 g/mol. The molecule has 0 radical (unpaired) electrons. The van der Waals surface area contributed by atoms with Crippen molar-refractivity contribution in [2.24, 2.45) is 0 Å². The van der Waals surface area contributed by atoms with E-state index in [1.54, 1.807) is 0 Å². The lowest BCUT2D eigenvalue weighted by Crippen LogP contribution is -2.11. The van der Waals surface area contributed by atoms with E-state index in [2.05, 4.69) is 0 Å². The van der Waals surface area contributed by atoms with Gasteiger partial charge < -0.3 is 0 Å². The largest absolute Gasteiger partial charge is 0.226 e. The van der Waals surface area contributed by atoms with Crippen molar-refractivity contribution >= 4 is 33.0 Å². The lowest BCUT2D eigenvalue weighted by molar-refractivity contribution is 0.599. The molecule has 0 heterocycles. The minimum absolute atomic E-state index is 0.405. The van der Waals surface area contributed by atoms with Crippen LogP contribution in [0.4, 0.5) is 0 Å². The standard InChI is InChI=1S/C3H6Cl2O2S/c1-3(5)8(6,7)2-4/h3H,2H2,1H3. The van der Waals surface area contributed by atoms with E-state index in [-0.39, 0.29) is 0 Å². The van der Waals surface area contributed by atoms with Crippen LogP contribution in [0.2, 0.25) is 0 Å². The van der Waals surface area contributed by atoms with Crippen LogP contribution in [0.15, 0.2) is 0 Å². The predicted octanol–water partition coefficient (Wildman–Crippen LogP) is 1.18. The summed E-state index contributed by atoms with van der Waals surface area (Å²) in [5.41, 5.74) is 0. The molecule has 0 N–H and O–H groups in total. The summed E-state index contributed by atoms with van der Waals surface area (Å²) in [7, 11) is -3.21. The first-order valence-electron chi connectivity index (χ1n) is 1.92. The molecule has 0 aliphatic heterocycles. The van der Waals surface area contributed by atoms with Crippen molar-refractivity contribution in [2.45, 2.75) is 11.6 Å². The summed E-state index contributed by atoms with van der Waals surface area (Å²) in [5.74, 6) is 0. The third-order valence-corrected chi connectivity index (χ3v) is 3.67. The molecule has 0 aromatic carbocycles. The van der Waals surface area contributed by atoms with Crippen LogP contribution < -0.4 is 0 Å². The fraction of sp³-hybridized carbons (Fsp3) is 1.00. The zero-order valence-electron chi connectivity index (χ0n) is 4.27. The van der Waals surface area contributed by atoms with Gasteiger partial charge in [0.05, 0.1) is 0 Å². The quantitative estimate of drug-likeness (QED) is 0.593. The zero-order valence-corrected chi connectivity index (χ0v) is 6.59. The molecule has 8 heavy (non-hydrogen) atoms. The van der Waals surface area contributed by atoms with E-state index in [4.69, 9.17) is 23.2 Å². The van der Waals surface area contributed by atoms with Gasteiger partial charge in [-0.1, -0.05) is 0 Å². The van der Waals surface area contributed by atoms with Crippen molar-refractivity contribution in [3.63, 3.8) is 0 Å². The van der Waals surface area contributed by atoms with Gasteiger partial charge in [-0.2, -0.15) is 0 Å². The number of sulfone groups is 1. The molecule has 0 amide bonds. The van der Waals surface area contributed by atoms with Crippen LogP contribution in [0.5, 0.6) is 0 Å². The molecule has 2 nitrogen and oxygen atoms in total. The Balaban J connectivity index is 4.17. The minimum Gasteiger partial charge on any atom is -0.226 e. The molecule has 0 aliphatic rings. The molecule has 0 fully saturated rings. The highest BCUT2D eigenvalue weighted by molar-refractivity contribution is 7.94. The predicted molar refractivity (Wildman–Crippen MR) is 35.0 cm³/mol. The summed E-state index contributed by atoms with van der Waals surface area (Å²) in [4.78, 5) is 0. The summed E-state index contributed by atoms with van der Waals surface area (Å²) in [5, 5.41) is -0.405. The van der Waals surface area contributed by atoms with Crippen molar-refractivity contribution in [3.05, 3.63) is 0 Å². The van der Waals surface area contributed by atoms with Gasteiger partial charge in [0.25, 0.3) is 0 Å². The number of rotatable bonds is 2. The molecule has 0 rings (SSSR count). The molecule has 0 aromatic heterocycles. The van der Waals surface area contributed by atoms with Crippen molar-refractivity contribution in [1.29, 1.82) is 0 Å². The van der Waals surface area contributed by atoms with Crippen LogP contribution in [-0.2, 0) is 9.84 Å². The Kier molecular flexibility index (Phi) is 3.09. The number of halogens is 2. The molecule has 0 saturated carbocycles. The molecule has 0 aliphatic carbocycles. The Bertz CT molecular complexity index is 149. The monoisotopic (exact) mass is 176 g/mol. The third kappa shape index (κ3) is 2.20. The number of alkyl halides is 2. The van der Waals surface area contributed by atoms with Gasteiger partial charge in [0.1, 0.15) is 9.92 Å². The minimum atomic E-state index is -3.21. The fourth-order valence-electron chi connectivity index (χ4n) is 0.0868. The Hall–Kier alpha value is 0.530. The average Bonchev–Trinajstić information content (AvgIpc) is 1.67. The summed E-state index contributed by atoms with van der Waals surface area (Å²) in [6.45, 7) is 1.37. The van der Waals surface area contributed by atoms with E-state index in [1.807, 2.05) is 0 Å². The van der Waals surface area contributed by atoms with Gasteiger partial charge >= 0.3 is 0 Å². The van der Waals surface area contributed by atoms with E-state index in [0.717, 1.165) is 0 Å². The normalized spacial score (nSPS) is 15.9. The number of hydrogen-bond donors (Lipinski definition) is 0. The summed E-state index contributed by atoms with van der Waals surface area (Å²) >= 11 is 10.2. The summed E-state index contributed by atoms with van der Waals surface area (Å²) in [6.07, 6.45) is 0. The zero-order chi connectivity index (χ0) is 6.78. The topological polar surface area (TPSA) is 34.1 Å². The Morgan fingerprint density at radius 1 is 1.62 bits per heavy atom. The molecule has 5 heteroatoms. The summed E-state index contributed by atoms with van der Waals surface area (Å²) in [6, 6.07) is 0. The van der Waals surface area contributed by atoms with Gasteiger partial charge in [0.2, 0.25) is 0 Å². The van der Waals surface area contributed by atoms with E-state index in [9.17, 15) is 8.42 Å². The maximum Gasteiger partial charge on any atom is 0.180 e.